The number of anilines is 1. The van der Waals surface area contributed by atoms with E-state index in [0.717, 1.165) is 24.8 Å². The highest BCUT2D eigenvalue weighted by Gasteiger charge is 2.39. The summed E-state index contributed by atoms with van der Waals surface area (Å²) in [7, 11) is 0. The van der Waals surface area contributed by atoms with E-state index in [1.807, 2.05) is 19.1 Å². The van der Waals surface area contributed by atoms with Crippen LogP contribution in [0.2, 0.25) is 0 Å². The van der Waals surface area contributed by atoms with E-state index in [4.69, 9.17) is 0 Å². The Hall–Kier alpha value is -1.82. The molecule has 0 aromatic heterocycles. The van der Waals surface area contributed by atoms with Crippen molar-refractivity contribution in [2.45, 2.75) is 40.0 Å². The van der Waals surface area contributed by atoms with E-state index in [2.05, 4.69) is 25.2 Å². The van der Waals surface area contributed by atoms with E-state index in [9.17, 15) is 10.1 Å². The zero-order chi connectivity index (χ0) is 14.0. The van der Waals surface area contributed by atoms with Gasteiger partial charge < -0.3 is 5.32 Å². The van der Waals surface area contributed by atoms with E-state index >= 15 is 0 Å². The number of hydrogen-bond donors (Lipinski definition) is 1. The molecule has 3 nitrogen and oxygen atoms in total. The molecule has 0 radical (unpaired) electrons. The van der Waals surface area contributed by atoms with Crippen LogP contribution in [0.25, 0.3) is 0 Å². The molecular weight excluding hydrogens is 236 g/mol. The average molecular weight is 256 g/mol. The monoisotopic (exact) mass is 256 g/mol. The Bertz CT molecular complexity index is 540. The van der Waals surface area contributed by atoms with E-state index in [0.29, 0.717) is 11.3 Å². The van der Waals surface area contributed by atoms with Gasteiger partial charge in [-0.1, -0.05) is 32.4 Å². The fourth-order valence-corrected chi connectivity index (χ4v) is 2.95. The molecule has 1 aliphatic carbocycles. The normalized spacial score (nSPS) is 20.8. The number of hydrogen-bond acceptors (Lipinski definition) is 2. The summed E-state index contributed by atoms with van der Waals surface area (Å²) in [6.45, 7) is 6.17. The summed E-state index contributed by atoms with van der Waals surface area (Å²) in [5.74, 6) is 0.0872. The van der Waals surface area contributed by atoms with Gasteiger partial charge in [-0.25, -0.2) is 0 Å². The Kier molecular flexibility index (Phi) is 3.61. The van der Waals surface area contributed by atoms with Crippen molar-refractivity contribution >= 4 is 11.6 Å². The second kappa shape index (κ2) is 5.05. The van der Waals surface area contributed by atoms with Gasteiger partial charge in [-0.05, 0) is 36.8 Å². The molecule has 100 valence electrons. The summed E-state index contributed by atoms with van der Waals surface area (Å²) in [6, 6.07) is 7.71. The number of nitrogens with zero attached hydrogens (tertiary/aromatic N) is 1. The molecule has 1 aromatic rings. The van der Waals surface area contributed by atoms with Crippen molar-refractivity contribution in [2.24, 2.45) is 11.3 Å². The lowest BCUT2D eigenvalue weighted by Crippen LogP contribution is -2.31. The zero-order valence-electron chi connectivity index (χ0n) is 11.8. The summed E-state index contributed by atoms with van der Waals surface area (Å²) < 4.78 is 0. The van der Waals surface area contributed by atoms with Crippen LogP contribution in [0.5, 0.6) is 0 Å². The third kappa shape index (κ3) is 2.63. The summed E-state index contributed by atoms with van der Waals surface area (Å²) in [4.78, 5) is 12.4. The maximum Gasteiger partial charge on any atom is 0.228 e. The molecule has 1 fully saturated rings. The summed E-state index contributed by atoms with van der Waals surface area (Å²) >= 11 is 0. The molecular formula is C16H20N2O. The molecule has 1 N–H and O–H groups in total. The summed E-state index contributed by atoms with van der Waals surface area (Å²) in [5.41, 5.74) is 2.15. The summed E-state index contributed by atoms with van der Waals surface area (Å²) in [6.07, 6.45) is 3.13. The number of carbonyl (C=O) groups excluding carboxylic acids is 1. The van der Waals surface area contributed by atoms with Crippen molar-refractivity contribution in [3.8, 4) is 6.07 Å². The van der Waals surface area contributed by atoms with Crippen molar-refractivity contribution < 1.29 is 4.79 Å². The Morgan fingerprint density at radius 3 is 2.79 bits per heavy atom. The number of nitrogens with one attached hydrogen (secondary N) is 1. The van der Waals surface area contributed by atoms with E-state index < -0.39 is 0 Å². The molecule has 2 rings (SSSR count). The number of aryl methyl sites for hydroxylation is 1. The third-order valence-corrected chi connectivity index (χ3v) is 4.22. The SMILES string of the molecule is Cc1cccc(NC(=O)C2CCCC2(C)C)c1C#N. The van der Waals surface area contributed by atoms with Crippen LogP contribution in [0.3, 0.4) is 0 Å². The topological polar surface area (TPSA) is 52.9 Å². The molecule has 1 aromatic carbocycles. The first-order valence-electron chi connectivity index (χ1n) is 6.76. The molecule has 1 unspecified atom stereocenters. The lowest BCUT2D eigenvalue weighted by molar-refractivity contribution is -0.122. The molecule has 0 bridgehead atoms. The van der Waals surface area contributed by atoms with Crippen molar-refractivity contribution in [1.29, 1.82) is 5.26 Å². The summed E-state index contributed by atoms with van der Waals surface area (Å²) in [5, 5.41) is 12.1. The van der Waals surface area contributed by atoms with E-state index in [1.165, 1.54) is 0 Å². The highest BCUT2D eigenvalue weighted by Crippen LogP contribution is 2.43. The standard InChI is InChI=1S/C16H20N2O/c1-11-6-4-8-14(12(11)10-17)18-15(19)13-7-5-9-16(13,2)3/h4,6,8,13H,5,7,9H2,1-3H3,(H,18,19). The van der Waals surface area contributed by atoms with Crippen LogP contribution in [-0.4, -0.2) is 5.91 Å². The van der Waals surface area contributed by atoms with Gasteiger partial charge in [0.2, 0.25) is 5.91 Å². The van der Waals surface area contributed by atoms with Crippen molar-refractivity contribution in [3.05, 3.63) is 29.3 Å². The van der Waals surface area contributed by atoms with Crippen LogP contribution in [-0.2, 0) is 4.79 Å². The lowest BCUT2D eigenvalue weighted by Gasteiger charge is -2.26. The van der Waals surface area contributed by atoms with Crippen LogP contribution >= 0.6 is 0 Å². The molecule has 0 saturated heterocycles. The molecule has 0 spiro atoms. The van der Waals surface area contributed by atoms with Gasteiger partial charge >= 0.3 is 0 Å². The van der Waals surface area contributed by atoms with E-state index in [-0.39, 0.29) is 17.2 Å². The second-order valence-electron chi connectivity index (χ2n) is 6.03. The zero-order valence-corrected chi connectivity index (χ0v) is 11.8. The average Bonchev–Trinajstić information content (AvgIpc) is 2.69. The maximum absolute atomic E-state index is 12.4. The lowest BCUT2D eigenvalue weighted by atomic mass is 9.81. The minimum atomic E-state index is 0.0413. The van der Waals surface area contributed by atoms with Crippen molar-refractivity contribution in [3.63, 3.8) is 0 Å². The highest BCUT2D eigenvalue weighted by molar-refractivity contribution is 5.94. The number of rotatable bonds is 2. The van der Waals surface area contributed by atoms with Gasteiger partial charge in [-0.2, -0.15) is 5.26 Å². The molecule has 19 heavy (non-hydrogen) atoms. The molecule has 0 aliphatic heterocycles. The first-order valence-corrected chi connectivity index (χ1v) is 6.76. The molecule has 3 heteroatoms. The number of benzene rings is 1. The third-order valence-electron chi connectivity index (χ3n) is 4.22. The van der Waals surface area contributed by atoms with E-state index in [1.54, 1.807) is 6.07 Å². The van der Waals surface area contributed by atoms with Gasteiger partial charge in [0.15, 0.2) is 0 Å². The van der Waals surface area contributed by atoms with Gasteiger partial charge in [0.25, 0.3) is 0 Å². The number of nitriles is 1. The van der Waals surface area contributed by atoms with Gasteiger partial charge in [-0.15, -0.1) is 0 Å². The minimum absolute atomic E-state index is 0.0413. The van der Waals surface area contributed by atoms with Crippen molar-refractivity contribution in [1.82, 2.24) is 0 Å². The Balaban J connectivity index is 2.21. The molecule has 1 atom stereocenters. The van der Waals surface area contributed by atoms with Gasteiger partial charge in [0.05, 0.1) is 11.3 Å². The molecule has 0 heterocycles. The van der Waals surface area contributed by atoms with Gasteiger partial charge in [0.1, 0.15) is 6.07 Å². The first-order chi connectivity index (χ1) is 8.95. The maximum atomic E-state index is 12.4. The predicted molar refractivity (Wildman–Crippen MR) is 75.6 cm³/mol. The quantitative estimate of drug-likeness (QED) is 0.878. The van der Waals surface area contributed by atoms with Crippen LogP contribution < -0.4 is 5.32 Å². The number of carbonyl (C=O) groups is 1. The molecule has 1 saturated carbocycles. The van der Waals surface area contributed by atoms with Gasteiger partial charge in [-0.3, -0.25) is 4.79 Å². The predicted octanol–water partition coefficient (Wildman–Crippen LogP) is 3.63. The van der Waals surface area contributed by atoms with Crippen LogP contribution in [0.15, 0.2) is 18.2 Å². The Labute approximate surface area is 114 Å². The van der Waals surface area contributed by atoms with Crippen molar-refractivity contribution in [2.75, 3.05) is 5.32 Å². The number of amides is 1. The second-order valence-corrected chi connectivity index (χ2v) is 6.03. The fourth-order valence-electron chi connectivity index (χ4n) is 2.95. The molecule has 1 aliphatic rings. The first kappa shape index (κ1) is 13.6. The fraction of sp³-hybridized carbons (Fsp3) is 0.500. The molecule has 1 amide bonds. The minimum Gasteiger partial charge on any atom is -0.325 e. The largest absolute Gasteiger partial charge is 0.325 e. The Morgan fingerprint density at radius 2 is 2.21 bits per heavy atom. The highest BCUT2D eigenvalue weighted by atomic mass is 16.1. The smallest absolute Gasteiger partial charge is 0.228 e. The Morgan fingerprint density at radius 1 is 1.47 bits per heavy atom. The van der Waals surface area contributed by atoms with Crippen LogP contribution in [0, 0.1) is 29.6 Å². The van der Waals surface area contributed by atoms with Gasteiger partial charge in [0, 0.05) is 5.92 Å². The van der Waals surface area contributed by atoms with Crippen LogP contribution in [0.4, 0.5) is 5.69 Å². The van der Waals surface area contributed by atoms with Crippen LogP contribution in [0.1, 0.15) is 44.2 Å².